The predicted molar refractivity (Wildman–Crippen MR) is 73.3 cm³/mol. The summed E-state index contributed by atoms with van der Waals surface area (Å²) < 4.78 is 2.18. The van der Waals surface area contributed by atoms with E-state index < -0.39 is 17.2 Å². The number of thioether (sulfide) groups is 1. The number of urea groups is 1. The van der Waals surface area contributed by atoms with E-state index in [1.165, 1.54) is 24.6 Å². The van der Waals surface area contributed by atoms with Gasteiger partial charge in [0, 0.05) is 12.0 Å². The summed E-state index contributed by atoms with van der Waals surface area (Å²) in [5, 5.41) is 10.9. The molecule has 108 valence electrons. The Morgan fingerprint density at radius 1 is 1.35 bits per heavy atom. The lowest BCUT2D eigenvalue weighted by Gasteiger charge is -2.11. The number of amides is 3. The van der Waals surface area contributed by atoms with Crippen molar-refractivity contribution in [2.45, 2.75) is 55.0 Å². The van der Waals surface area contributed by atoms with Crippen molar-refractivity contribution < 1.29 is 9.59 Å². The second-order valence-corrected chi connectivity index (χ2v) is 6.64. The normalized spacial score (nSPS) is 19.6. The zero-order chi connectivity index (χ0) is 14.3. The van der Waals surface area contributed by atoms with E-state index >= 15 is 0 Å². The van der Waals surface area contributed by atoms with E-state index in [9.17, 15) is 9.59 Å². The van der Waals surface area contributed by atoms with Crippen molar-refractivity contribution in [3.8, 4) is 0 Å². The first-order chi connectivity index (χ1) is 9.56. The molecule has 3 amide bonds. The Hall–Kier alpha value is -1.57. The van der Waals surface area contributed by atoms with Crippen molar-refractivity contribution in [2.24, 2.45) is 5.73 Å². The summed E-state index contributed by atoms with van der Waals surface area (Å²) in [7, 11) is 0. The van der Waals surface area contributed by atoms with Gasteiger partial charge in [0.2, 0.25) is 5.91 Å². The van der Waals surface area contributed by atoms with Crippen LogP contribution in [0.1, 0.15) is 50.4 Å². The van der Waals surface area contributed by atoms with E-state index in [1.54, 1.807) is 6.92 Å². The summed E-state index contributed by atoms with van der Waals surface area (Å²) in [5.74, 6) is 1.19. The molecule has 1 aromatic rings. The van der Waals surface area contributed by atoms with Crippen molar-refractivity contribution in [2.75, 3.05) is 0 Å². The first kappa shape index (κ1) is 13.4. The molecule has 0 aromatic carbocycles. The van der Waals surface area contributed by atoms with Gasteiger partial charge in [-0.05, 0) is 32.6 Å². The fourth-order valence-corrected chi connectivity index (χ4v) is 3.03. The third-order valence-electron chi connectivity index (χ3n) is 3.44. The van der Waals surface area contributed by atoms with Crippen molar-refractivity contribution in [3.63, 3.8) is 0 Å². The number of carbonyl (C=O) groups excluding carboxylic acids is 2. The van der Waals surface area contributed by atoms with Gasteiger partial charge >= 0.3 is 6.03 Å². The number of nitrogens with two attached hydrogens (primary N) is 1. The highest BCUT2D eigenvalue weighted by molar-refractivity contribution is 8.00. The van der Waals surface area contributed by atoms with Gasteiger partial charge in [-0.15, -0.1) is 10.2 Å². The van der Waals surface area contributed by atoms with Crippen LogP contribution in [0.4, 0.5) is 4.79 Å². The van der Waals surface area contributed by atoms with Gasteiger partial charge in [-0.2, -0.15) is 0 Å². The van der Waals surface area contributed by atoms with Gasteiger partial charge in [-0.3, -0.25) is 10.1 Å². The monoisotopic (exact) mass is 295 g/mol. The Morgan fingerprint density at radius 2 is 2.05 bits per heavy atom. The van der Waals surface area contributed by atoms with Crippen LogP contribution in [0, 0.1) is 0 Å². The van der Waals surface area contributed by atoms with Gasteiger partial charge in [0.05, 0.1) is 5.25 Å². The Morgan fingerprint density at radius 3 is 2.60 bits per heavy atom. The molecular formula is C12H17N5O2S. The Balaban J connectivity index is 1.73. The zero-order valence-corrected chi connectivity index (χ0v) is 12.0. The average Bonchev–Trinajstić information content (AvgIpc) is 3.28. The van der Waals surface area contributed by atoms with Crippen LogP contribution in [-0.4, -0.2) is 32.0 Å². The van der Waals surface area contributed by atoms with Crippen molar-refractivity contribution in [3.05, 3.63) is 5.82 Å². The van der Waals surface area contributed by atoms with E-state index in [1.807, 2.05) is 0 Å². The van der Waals surface area contributed by atoms with E-state index in [4.69, 9.17) is 5.73 Å². The van der Waals surface area contributed by atoms with Crippen LogP contribution in [0.5, 0.6) is 0 Å². The fourth-order valence-electron chi connectivity index (χ4n) is 2.10. The maximum Gasteiger partial charge on any atom is 0.318 e. The summed E-state index contributed by atoms with van der Waals surface area (Å²) in [6.07, 6.45) is 4.64. The molecule has 0 radical (unpaired) electrons. The number of primary amides is 1. The van der Waals surface area contributed by atoms with Gasteiger partial charge in [0.1, 0.15) is 5.82 Å². The first-order valence-corrected chi connectivity index (χ1v) is 7.66. The minimum Gasteiger partial charge on any atom is -0.351 e. The third-order valence-corrected chi connectivity index (χ3v) is 4.50. The number of carbonyl (C=O) groups is 2. The lowest BCUT2D eigenvalue weighted by atomic mass is 10.4. The number of aromatic nitrogens is 3. The Bertz CT molecular complexity index is 550. The third kappa shape index (κ3) is 2.79. The molecule has 0 saturated heterocycles. The van der Waals surface area contributed by atoms with E-state index in [0.717, 1.165) is 23.8 Å². The molecule has 0 aliphatic heterocycles. The molecule has 2 fully saturated rings. The van der Waals surface area contributed by atoms with Crippen LogP contribution in [-0.2, 0) is 4.79 Å². The smallest absolute Gasteiger partial charge is 0.318 e. The number of nitrogens with zero attached hydrogens (tertiary/aromatic N) is 3. The quantitative estimate of drug-likeness (QED) is 0.794. The number of hydrogen-bond donors (Lipinski definition) is 2. The summed E-state index contributed by atoms with van der Waals surface area (Å²) in [5.41, 5.74) is 4.95. The van der Waals surface area contributed by atoms with Crippen molar-refractivity contribution in [1.82, 2.24) is 20.1 Å². The lowest BCUT2D eigenvalue weighted by Crippen LogP contribution is -2.39. The second-order valence-electron chi connectivity index (χ2n) is 5.33. The second kappa shape index (κ2) is 5.08. The highest BCUT2D eigenvalue weighted by Crippen LogP contribution is 2.46. The molecule has 0 spiro atoms. The molecule has 1 heterocycles. The standard InChI is InChI=1S/C12H17N5O2S/c1-6(10(18)14-11(13)19)20-12-16-15-9(7-2-3-7)17(12)8-4-5-8/h6-8H,2-5H2,1H3,(H3,13,14,18,19)/t6-/m1/s1. The predicted octanol–water partition coefficient (Wildman–Crippen LogP) is 1.17. The van der Waals surface area contributed by atoms with Crippen LogP contribution in [0.15, 0.2) is 5.16 Å². The highest BCUT2D eigenvalue weighted by atomic mass is 32.2. The number of imide groups is 1. The summed E-state index contributed by atoms with van der Waals surface area (Å²) in [4.78, 5) is 22.4. The number of rotatable bonds is 5. The Labute approximate surface area is 120 Å². The van der Waals surface area contributed by atoms with Crippen LogP contribution in [0.2, 0.25) is 0 Å². The van der Waals surface area contributed by atoms with Crippen molar-refractivity contribution >= 4 is 23.7 Å². The molecule has 0 unspecified atom stereocenters. The van der Waals surface area contributed by atoms with Gasteiger partial charge in [0.15, 0.2) is 5.16 Å². The number of nitrogens with one attached hydrogen (secondary N) is 1. The first-order valence-electron chi connectivity index (χ1n) is 6.78. The lowest BCUT2D eigenvalue weighted by molar-refractivity contribution is -0.119. The van der Waals surface area contributed by atoms with Crippen LogP contribution in [0.3, 0.4) is 0 Å². The van der Waals surface area contributed by atoms with Crippen LogP contribution in [0.25, 0.3) is 0 Å². The maximum atomic E-state index is 11.7. The van der Waals surface area contributed by atoms with Gasteiger partial charge in [-0.1, -0.05) is 11.8 Å². The highest BCUT2D eigenvalue weighted by Gasteiger charge is 2.37. The molecule has 2 aliphatic carbocycles. The largest absolute Gasteiger partial charge is 0.351 e. The molecule has 20 heavy (non-hydrogen) atoms. The molecule has 3 rings (SSSR count). The molecule has 2 saturated carbocycles. The molecule has 1 atom stereocenters. The molecule has 2 aliphatic rings. The van der Waals surface area contributed by atoms with Crippen LogP contribution < -0.4 is 11.1 Å². The molecular weight excluding hydrogens is 278 g/mol. The van der Waals surface area contributed by atoms with E-state index in [2.05, 4.69) is 20.1 Å². The molecule has 3 N–H and O–H groups in total. The summed E-state index contributed by atoms with van der Waals surface area (Å²) in [6, 6.07) is -0.348. The molecule has 0 bridgehead atoms. The SMILES string of the molecule is C[C@@H](Sc1nnc(C2CC2)n1C1CC1)C(=O)NC(N)=O. The fraction of sp³-hybridized carbons (Fsp3) is 0.667. The maximum absolute atomic E-state index is 11.7. The summed E-state index contributed by atoms with van der Waals surface area (Å²) in [6.45, 7) is 1.73. The minimum absolute atomic E-state index is 0.402. The molecule has 8 heteroatoms. The van der Waals surface area contributed by atoms with Crippen LogP contribution >= 0.6 is 11.8 Å². The topological polar surface area (TPSA) is 103 Å². The average molecular weight is 295 g/mol. The van der Waals surface area contributed by atoms with Gasteiger partial charge < -0.3 is 10.3 Å². The minimum atomic E-state index is -0.829. The van der Waals surface area contributed by atoms with E-state index in [0.29, 0.717) is 12.0 Å². The summed E-state index contributed by atoms with van der Waals surface area (Å²) >= 11 is 1.32. The van der Waals surface area contributed by atoms with Gasteiger partial charge in [0.25, 0.3) is 0 Å². The van der Waals surface area contributed by atoms with Gasteiger partial charge in [-0.25, -0.2) is 4.79 Å². The molecule has 1 aromatic heterocycles. The zero-order valence-electron chi connectivity index (χ0n) is 11.2. The molecule has 7 nitrogen and oxygen atoms in total. The van der Waals surface area contributed by atoms with E-state index in [-0.39, 0.29) is 0 Å². The Kier molecular flexibility index (Phi) is 3.41. The number of hydrogen-bond acceptors (Lipinski definition) is 5. The van der Waals surface area contributed by atoms with Crippen molar-refractivity contribution in [1.29, 1.82) is 0 Å².